The number of rotatable bonds is 5. The molecular weight excluding hydrogens is 413 g/mol. The van der Waals surface area contributed by atoms with Crippen LogP contribution in [0.3, 0.4) is 0 Å². The Morgan fingerprint density at radius 1 is 1.11 bits per heavy atom. The van der Waals surface area contributed by atoms with Gasteiger partial charge in [-0.15, -0.1) is 6.58 Å². The van der Waals surface area contributed by atoms with E-state index in [9.17, 15) is 8.42 Å². The fourth-order valence-corrected chi connectivity index (χ4v) is 6.83. The minimum atomic E-state index is -3.49. The largest absolute Gasteiger partial charge is 0.218 e. The predicted molar refractivity (Wildman–Crippen MR) is 117 cm³/mol. The van der Waals surface area contributed by atoms with Crippen molar-refractivity contribution in [3.8, 4) is 0 Å². The zero-order valence-corrected chi connectivity index (χ0v) is 18.4. The Labute approximate surface area is 178 Å². The number of hydrogen-bond acceptors (Lipinski definition) is 2. The van der Waals surface area contributed by atoms with Crippen LogP contribution in [0.2, 0.25) is 10.0 Å². The van der Waals surface area contributed by atoms with Gasteiger partial charge < -0.3 is 0 Å². The summed E-state index contributed by atoms with van der Waals surface area (Å²) >= 11 is 12.3. The SMILES string of the molecule is C=CCC1CC(c2cccc(Cl)c2)C(c2ccc(Cl)cc2)N(C(C)C)S1(=O)=O. The van der Waals surface area contributed by atoms with Crippen LogP contribution in [0, 0.1) is 0 Å². The normalized spacial score (nSPS) is 25.0. The number of benzene rings is 2. The lowest BCUT2D eigenvalue weighted by atomic mass is 9.82. The third kappa shape index (κ3) is 4.16. The molecule has 1 fully saturated rings. The van der Waals surface area contributed by atoms with Crippen molar-refractivity contribution in [2.24, 2.45) is 0 Å². The molecule has 0 aliphatic carbocycles. The monoisotopic (exact) mass is 437 g/mol. The van der Waals surface area contributed by atoms with E-state index in [1.54, 1.807) is 10.4 Å². The number of nitrogens with zero attached hydrogens (tertiary/aromatic N) is 1. The van der Waals surface area contributed by atoms with Crippen molar-refractivity contribution < 1.29 is 8.42 Å². The Morgan fingerprint density at radius 2 is 1.79 bits per heavy atom. The Bertz CT molecular complexity index is 941. The van der Waals surface area contributed by atoms with Crippen LogP contribution in [0.25, 0.3) is 0 Å². The van der Waals surface area contributed by atoms with Gasteiger partial charge in [0, 0.05) is 22.0 Å². The maximum absolute atomic E-state index is 13.5. The van der Waals surface area contributed by atoms with Gasteiger partial charge in [0.05, 0.1) is 11.3 Å². The highest BCUT2D eigenvalue weighted by Crippen LogP contribution is 2.48. The molecule has 2 aromatic rings. The third-order valence-electron chi connectivity index (χ3n) is 5.31. The molecule has 28 heavy (non-hydrogen) atoms. The lowest BCUT2D eigenvalue weighted by Crippen LogP contribution is -2.51. The molecule has 1 saturated heterocycles. The van der Waals surface area contributed by atoms with Crippen LogP contribution >= 0.6 is 23.2 Å². The van der Waals surface area contributed by atoms with Gasteiger partial charge in [0.1, 0.15) is 0 Å². The van der Waals surface area contributed by atoms with Crippen LogP contribution in [0.15, 0.2) is 61.2 Å². The molecule has 1 heterocycles. The number of sulfonamides is 1. The summed E-state index contributed by atoms with van der Waals surface area (Å²) in [5.41, 5.74) is 1.98. The van der Waals surface area contributed by atoms with Gasteiger partial charge in [0.15, 0.2) is 0 Å². The summed E-state index contributed by atoms with van der Waals surface area (Å²) < 4.78 is 28.6. The quantitative estimate of drug-likeness (QED) is 0.521. The molecule has 0 bridgehead atoms. The second-order valence-corrected chi connectivity index (χ2v) is 10.5. The molecule has 6 heteroatoms. The molecule has 1 aliphatic heterocycles. The van der Waals surface area contributed by atoms with Crippen LogP contribution in [-0.4, -0.2) is 24.0 Å². The third-order valence-corrected chi connectivity index (χ3v) is 8.26. The second-order valence-electron chi connectivity index (χ2n) is 7.51. The van der Waals surface area contributed by atoms with Gasteiger partial charge in [-0.1, -0.05) is 53.5 Å². The van der Waals surface area contributed by atoms with Gasteiger partial charge >= 0.3 is 0 Å². The molecule has 0 spiro atoms. The zero-order valence-electron chi connectivity index (χ0n) is 16.1. The van der Waals surface area contributed by atoms with Gasteiger partial charge in [-0.2, -0.15) is 4.31 Å². The van der Waals surface area contributed by atoms with Crippen molar-refractivity contribution in [1.29, 1.82) is 0 Å². The first-order chi connectivity index (χ1) is 13.3. The van der Waals surface area contributed by atoms with E-state index < -0.39 is 15.3 Å². The summed E-state index contributed by atoms with van der Waals surface area (Å²) in [5.74, 6) is -0.0178. The molecule has 2 aromatic carbocycles. The van der Waals surface area contributed by atoms with E-state index in [1.807, 2.05) is 62.4 Å². The summed E-state index contributed by atoms with van der Waals surface area (Å²) in [4.78, 5) is 0. The average molecular weight is 438 g/mol. The van der Waals surface area contributed by atoms with E-state index in [4.69, 9.17) is 23.2 Å². The van der Waals surface area contributed by atoms with Gasteiger partial charge in [-0.3, -0.25) is 0 Å². The molecule has 0 aromatic heterocycles. The fraction of sp³-hybridized carbons (Fsp3) is 0.364. The lowest BCUT2D eigenvalue weighted by molar-refractivity contribution is 0.210. The number of hydrogen-bond donors (Lipinski definition) is 0. The van der Waals surface area contributed by atoms with E-state index in [-0.39, 0.29) is 18.0 Å². The summed E-state index contributed by atoms with van der Waals surface area (Å²) in [6.45, 7) is 7.62. The maximum Gasteiger partial charge on any atom is 0.218 e. The Hall–Kier alpha value is -1.33. The first-order valence-corrected chi connectivity index (χ1v) is 11.7. The van der Waals surface area contributed by atoms with E-state index in [2.05, 4.69) is 6.58 Å². The molecule has 3 atom stereocenters. The van der Waals surface area contributed by atoms with Crippen LogP contribution in [-0.2, 0) is 10.0 Å². The van der Waals surface area contributed by atoms with Gasteiger partial charge in [-0.25, -0.2) is 8.42 Å². The van der Waals surface area contributed by atoms with E-state index in [0.29, 0.717) is 22.9 Å². The van der Waals surface area contributed by atoms with Crippen molar-refractivity contribution in [1.82, 2.24) is 4.31 Å². The molecule has 3 rings (SSSR count). The standard InChI is InChI=1S/C22H25Cl2NO2S/c1-4-6-20-14-21(17-7-5-8-19(24)13-17)22(16-9-11-18(23)12-10-16)25(15(2)3)28(20,26)27/h4-5,7-13,15,20-22H,1,6,14H2,2-3H3. The van der Waals surface area contributed by atoms with Gasteiger partial charge in [0.25, 0.3) is 0 Å². The van der Waals surface area contributed by atoms with Crippen LogP contribution < -0.4 is 0 Å². The van der Waals surface area contributed by atoms with E-state index in [0.717, 1.165) is 11.1 Å². The first-order valence-electron chi connectivity index (χ1n) is 9.40. The minimum Gasteiger partial charge on any atom is -0.212 e. The highest BCUT2D eigenvalue weighted by atomic mass is 35.5. The fourth-order valence-electron chi connectivity index (χ4n) is 4.16. The Morgan fingerprint density at radius 3 is 2.36 bits per heavy atom. The molecule has 0 amide bonds. The molecule has 3 nitrogen and oxygen atoms in total. The molecule has 3 unspecified atom stereocenters. The molecule has 150 valence electrons. The zero-order chi connectivity index (χ0) is 20.5. The Balaban J connectivity index is 2.20. The molecule has 0 saturated carbocycles. The van der Waals surface area contributed by atoms with Gasteiger partial charge in [-0.05, 0) is 62.1 Å². The molecule has 0 N–H and O–H groups in total. The summed E-state index contributed by atoms with van der Waals surface area (Å²) in [7, 11) is -3.49. The van der Waals surface area contributed by atoms with Crippen molar-refractivity contribution in [2.45, 2.75) is 49.9 Å². The van der Waals surface area contributed by atoms with Crippen LogP contribution in [0.4, 0.5) is 0 Å². The van der Waals surface area contributed by atoms with Crippen molar-refractivity contribution in [3.05, 3.63) is 82.4 Å². The number of allylic oxidation sites excluding steroid dienone is 1. The predicted octanol–water partition coefficient (Wildman–Crippen LogP) is 6.21. The highest BCUT2D eigenvalue weighted by molar-refractivity contribution is 7.89. The van der Waals surface area contributed by atoms with Gasteiger partial charge in [0.2, 0.25) is 10.0 Å². The average Bonchev–Trinajstić information content (AvgIpc) is 2.63. The minimum absolute atomic E-state index is 0.0178. The Kier molecular flexibility index (Phi) is 6.55. The second kappa shape index (κ2) is 8.58. The number of halogens is 2. The topological polar surface area (TPSA) is 37.4 Å². The highest BCUT2D eigenvalue weighted by Gasteiger charge is 2.48. The van der Waals surface area contributed by atoms with Crippen molar-refractivity contribution in [3.63, 3.8) is 0 Å². The van der Waals surface area contributed by atoms with Crippen LogP contribution in [0.5, 0.6) is 0 Å². The van der Waals surface area contributed by atoms with Crippen molar-refractivity contribution >= 4 is 33.2 Å². The summed E-state index contributed by atoms with van der Waals surface area (Å²) in [5, 5.41) is 0.777. The lowest BCUT2D eigenvalue weighted by Gasteiger charge is -2.46. The summed E-state index contributed by atoms with van der Waals surface area (Å²) in [6, 6.07) is 14.7. The van der Waals surface area contributed by atoms with E-state index >= 15 is 0 Å². The molecule has 1 aliphatic rings. The van der Waals surface area contributed by atoms with E-state index in [1.165, 1.54) is 0 Å². The summed E-state index contributed by atoms with van der Waals surface area (Å²) in [6.07, 6.45) is 2.64. The smallest absolute Gasteiger partial charge is 0.212 e. The maximum atomic E-state index is 13.5. The molecule has 0 radical (unpaired) electrons. The van der Waals surface area contributed by atoms with Crippen molar-refractivity contribution in [2.75, 3.05) is 0 Å². The first kappa shape index (κ1) is 21.4. The van der Waals surface area contributed by atoms with Crippen LogP contribution in [0.1, 0.15) is 49.8 Å². The molecular formula is C22H25Cl2NO2S.